The Bertz CT molecular complexity index is 1110. The van der Waals surface area contributed by atoms with Gasteiger partial charge in [-0.25, -0.2) is 11.0 Å². The molecule has 0 fully saturated rings. The summed E-state index contributed by atoms with van der Waals surface area (Å²) in [6, 6.07) is 34.4. The van der Waals surface area contributed by atoms with Crippen molar-refractivity contribution in [2.75, 3.05) is 14.2 Å². The topological polar surface area (TPSA) is 117 Å². The van der Waals surface area contributed by atoms with Crippen molar-refractivity contribution in [3.8, 4) is 11.5 Å². The number of hydrogen-bond donors (Lipinski definition) is 4. The van der Waals surface area contributed by atoms with Crippen LogP contribution in [0.4, 0.5) is 0 Å². The van der Waals surface area contributed by atoms with E-state index in [1.807, 2.05) is 0 Å². The first-order valence-corrected chi connectivity index (χ1v) is 13.9. The number of benzene rings is 4. The van der Waals surface area contributed by atoms with Crippen molar-refractivity contribution in [3.63, 3.8) is 0 Å². The van der Waals surface area contributed by atoms with Gasteiger partial charge >= 0.3 is 89.0 Å². The fourth-order valence-corrected chi connectivity index (χ4v) is 5.82. The zero-order valence-electron chi connectivity index (χ0n) is 20.4. The van der Waals surface area contributed by atoms with Gasteiger partial charge in [-0.3, -0.25) is 20.0 Å². The van der Waals surface area contributed by atoms with Crippen molar-refractivity contribution in [1.29, 1.82) is 0 Å². The van der Waals surface area contributed by atoms with Crippen molar-refractivity contribution < 1.29 is 29.5 Å². The SMILES string of the molecule is COc1ccc(C(=O)NO)cc1.COc1ccc(C(=O)NO)cc1.c1cc[c]([Sn][c]2ccccc2)cc1. The van der Waals surface area contributed by atoms with Crippen molar-refractivity contribution in [2.24, 2.45) is 0 Å². The van der Waals surface area contributed by atoms with Gasteiger partial charge in [-0.2, -0.15) is 0 Å². The van der Waals surface area contributed by atoms with Crippen LogP contribution in [0.3, 0.4) is 0 Å². The number of rotatable bonds is 6. The molecule has 0 aliphatic carbocycles. The average Bonchev–Trinajstić information content (AvgIpc) is 2.98. The zero-order chi connectivity index (χ0) is 26.9. The predicted molar refractivity (Wildman–Crippen MR) is 142 cm³/mol. The Labute approximate surface area is 226 Å². The molecule has 4 aromatic rings. The summed E-state index contributed by atoms with van der Waals surface area (Å²) >= 11 is -0.517. The maximum absolute atomic E-state index is 10.8. The number of hydrogen-bond acceptors (Lipinski definition) is 6. The number of carbonyl (C=O) groups is 2. The molecule has 37 heavy (non-hydrogen) atoms. The van der Waals surface area contributed by atoms with E-state index >= 15 is 0 Å². The van der Waals surface area contributed by atoms with Gasteiger partial charge < -0.3 is 9.47 Å². The van der Waals surface area contributed by atoms with Crippen LogP contribution < -0.4 is 27.6 Å². The van der Waals surface area contributed by atoms with Crippen LogP contribution in [-0.4, -0.2) is 57.6 Å². The third-order valence-electron chi connectivity index (χ3n) is 4.74. The summed E-state index contributed by atoms with van der Waals surface area (Å²) in [7, 11) is 3.09. The van der Waals surface area contributed by atoms with Crippen LogP contribution >= 0.6 is 0 Å². The van der Waals surface area contributed by atoms with Gasteiger partial charge in [-0.15, -0.1) is 0 Å². The summed E-state index contributed by atoms with van der Waals surface area (Å²) in [4.78, 5) is 21.6. The molecule has 0 spiro atoms. The molecule has 0 saturated heterocycles. The minimum atomic E-state index is -0.530. The molecule has 8 nitrogen and oxygen atoms in total. The molecule has 2 amide bonds. The van der Waals surface area contributed by atoms with Gasteiger partial charge in [-0.05, 0) is 48.5 Å². The zero-order valence-corrected chi connectivity index (χ0v) is 23.3. The van der Waals surface area contributed by atoms with E-state index in [0.29, 0.717) is 22.6 Å². The van der Waals surface area contributed by atoms with Gasteiger partial charge in [0.15, 0.2) is 0 Å². The van der Waals surface area contributed by atoms with Gasteiger partial charge in [-0.1, -0.05) is 0 Å². The van der Waals surface area contributed by atoms with Crippen molar-refractivity contribution in [1.82, 2.24) is 11.0 Å². The van der Waals surface area contributed by atoms with E-state index in [1.165, 1.54) is 18.1 Å². The Balaban J connectivity index is 0.000000195. The molecule has 4 N–H and O–H groups in total. The quantitative estimate of drug-likeness (QED) is 0.152. The number of carbonyl (C=O) groups excluding carboxylic acids is 2. The van der Waals surface area contributed by atoms with E-state index < -0.39 is 33.0 Å². The standard InChI is InChI=1S/2C8H9NO3.2C6H5.Sn/c2*1-12-7-4-2-6(3-5-7)8(10)9-11;2*1-2-4-6-5-3-1;/h2*2-5,11H,1H3,(H,9,10);2*1-5H;. The second kappa shape index (κ2) is 16.7. The van der Waals surface area contributed by atoms with Crippen LogP contribution in [0, 0.1) is 0 Å². The summed E-state index contributed by atoms with van der Waals surface area (Å²) < 4.78 is 12.9. The monoisotopic (exact) mass is 608 g/mol. The van der Waals surface area contributed by atoms with Crippen LogP contribution in [0.5, 0.6) is 11.5 Å². The van der Waals surface area contributed by atoms with Gasteiger partial charge in [0.25, 0.3) is 11.8 Å². The van der Waals surface area contributed by atoms with Gasteiger partial charge in [0.1, 0.15) is 11.5 Å². The van der Waals surface area contributed by atoms with Crippen molar-refractivity contribution in [3.05, 3.63) is 120 Å². The Morgan fingerprint density at radius 3 is 1.16 bits per heavy atom. The predicted octanol–water partition coefficient (Wildman–Crippen LogP) is 2.97. The van der Waals surface area contributed by atoms with E-state index in [1.54, 1.807) is 62.8 Å². The molecule has 190 valence electrons. The summed E-state index contributed by atoms with van der Waals surface area (Å²) in [5.41, 5.74) is 3.85. The first-order chi connectivity index (χ1) is 18.0. The molecular formula is C28H28N2O6Sn. The van der Waals surface area contributed by atoms with Gasteiger partial charge in [0, 0.05) is 11.1 Å². The molecule has 0 aliphatic heterocycles. The van der Waals surface area contributed by atoms with Crippen LogP contribution in [0.15, 0.2) is 109 Å². The van der Waals surface area contributed by atoms with E-state index in [4.69, 9.17) is 19.9 Å². The molecule has 4 rings (SSSR count). The molecule has 0 bridgehead atoms. The first kappa shape index (κ1) is 29.4. The van der Waals surface area contributed by atoms with E-state index in [9.17, 15) is 9.59 Å². The molecule has 0 atom stereocenters. The molecule has 2 radical (unpaired) electrons. The molecule has 4 aromatic carbocycles. The maximum atomic E-state index is 10.8. The van der Waals surface area contributed by atoms with Crippen molar-refractivity contribution in [2.45, 2.75) is 0 Å². The number of amides is 2. The van der Waals surface area contributed by atoms with Crippen molar-refractivity contribution >= 4 is 40.1 Å². The fraction of sp³-hybridized carbons (Fsp3) is 0.0714. The molecular weight excluding hydrogens is 579 g/mol. The number of nitrogens with one attached hydrogen (secondary N) is 2. The van der Waals surface area contributed by atoms with Gasteiger partial charge in [0.2, 0.25) is 0 Å². The molecule has 0 heterocycles. The van der Waals surface area contributed by atoms with E-state index in [0.717, 1.165) is 0 Å². The second-order valence-corrected chi connectivity index (χ2v) is 11.2. The molecule has 9 heteroatoms. The second-order valence-electron chi connectivity index (χ2n) is 7.20. The van der Waals surface area contributed by atoms with Crippen LogP contribution in [0.1, 0.15) is 20.7 Å². The summed E-state index contributed by atoms with van der Waals surface area (Å²) in [5, 5.41) is 16.6. The number of hydroxylamine groups is 2. The number of methoxy groups -OCH3 is 2. The van der Waals surface area contributed by atoms with E-state index in [-0.39, 0.29) is 0 Å². The average molecular weight is 607 g/mol. The van der Waals surface area contributed by atoms with Crippen LogP contribution in [-0.2, 0) is 0 Å². The summed E-state index contributed by atoms with van der Waals surface area (Å²) in [5.74, 6) is 0.282. The van der Waals surface area contributed by atoms with E-state index in [2.05, 4.69) is 60.7 Å². The third kappa shape index (κ3) is 10.7. The molecule has 0 aromatic heterocycles. The van der Waals surface area contributed by atoms with Crippen LogP contribution in [0.2, 0.25) is 0 Å². The molecule has 0 unspecified atom stereocenters. The minimum absolute atomic E-state index is 0.387. The normalized spacial score (nSPS) is 9.41. The summed E-state index contributed by atoms with van der Waals surface area (Å²) in [6.07, 6.45) is 0. The Morgan fingerprint density at radius 1 is 0.568 bits per heavy atom. The Hall–Kier alpha value is -3.86. The third-order valence-corrected chi connectivity index (χ3v) is 8.29. The first-order valence-electron chi connectivity index (χ1n) is 11.0. The Kier molecular flexibility index (Phi) is 13.3. The fourth-order valence-electron chi connectivity index (χ4n) is 2.82. The number of ether oxygens (including phenoxy) is 2. The van der Waals surface area contributed by atoms with Crippen LogP contribution in [0.25, 0.3) is 0 Å². The summed E-state index contributed by atoms with van der Waals surface area (Å²) in [6.45, 7) is 0. The Morgan fingerprint density at radius 2 is 0.892 bits per heavy atom. The molecule has 0 saturated carbocycles. The van der Waals surface area contributed by atoms with Gasteiger partial charge in [0.05, 0.1) is 14.2 Å². The molecule has 0 aliphatic rings.